The van der Waals surface area contributed by atoms with Crippen LogP contribution in [0.25, 0.3) is 87.6 Å². The van der Waals surface area contributed by atoms with Gasteiger partial charge in [-0.25, -0.2) is 0 Å². The largest absolute Gasteiger partial charge is 0.455 e. The molecular formula is C54H35NO. The molecule has 0 fully saturated rings. The Labute approximate surface area is 337 Å². The van der Waals surface area contributed by atoms with E-state index in [0.717, 1.165) is 55.3 Å². The van der Waals surface area contributed by atoms with E-state index in [1.54, 1.807) is 4.90 Å². The highest BCUT2D eigenvalue weighted by molar-refractivity contribution is 6.15. The second-order valence-electron chi connectivity index (χ2n) is 13.8. The average molecular weight is 723 g/mol. The van der Waals surface area contributed by atoms with E-state index in [1.807, 2.05) is 103 Å². The molecule has 1 aromatic heterocycles. The van der Waals surface area contributed by atoms with Gasteiger partial charge in [-0.2, -0.15) is 0 Å². The number of fused-ring (bicyclic) bond motifs is 7. The lowest BCUT2D eigenvalue weighted by molar-refractivity contribution is 0.670. The Kier molecular flexibility index (Phi) is 5.66. The molecule has 0 aliphatic carbocycles. The molecule has 2 heteroatoms. The van der Waals surface area contributed by atoms with Gasteiger partial charge in [0, 0.05) is 33.1 Å². The van der Waals surface area contributed by atoms with Crippen LogP contribution in [0.3, 0.4) is 0 Å². The van der Waals surface area contributed by atoms with E-state index in [4.69, 9.17) is 14.0 Å². The maximum absolute atomic E-state index is 9.83. The molecule has 2 nitrogen and oxygen atoms in total. The molecule has 11 aromatic rings. The van der Waals surface area contributed by atoms with Crippen molar-refractivity contribution in [3.63, 3.8) is 0 Å². The first-order valence-electron chi connectivity index (χ1n) is 22.9. The SMILES string of the molecule is [2H]c1c([2H])c([2H])c2c(c1[2H])c([2H])c(N(c1ccc(-c3ccc(-c4cccc5ccccc45)cc3)cc1)c1ccc(-c3cccc4c3oc3ccccc34)cc1)c1c([2H])c([2H])c([2H])c([2H])c12. The van der Waals surface area contributed by atoms with Crippen molar-refractivity contribution in [3.05, 3.63) is 212 Å². The molecule has 0 saturated carbocycles. The predicted octanol–water partition coefficient (Wildman–Crippen LogP) is 15.5. The topological polar surface area (TPSA) is 16.4 Å². The molecule has 56 heavy (non-hydrogen) atoms. The normalized spacial score (nSPS) is 13.8. The van der Waals surface area contributed by atoms with Crippen LogP contribution in [0.1, 0.15) is 12.3 Å². The van der Waals surface area contributed by atoms with Gasteiger partial charge in [0.2, 0.25) is 0 Å². The molecule has 0 spiro atoms. The number of anilines is 3. The molecule has 0 radical (unpaired) electrons. The van der Waals surface area contributed by atoms with Crippen LogP contribution in [0.4, 0.5) is 17.1 Å². The van der Waals surface area contributed by atoms with E-state index >= 15 is 0 Å². The van der Waals surface area contributed by atoms with Gasteiger partial charge in [0.1, 0.15) is 11.2 Å². The van der Waals surface area contributed by atoms with Gasteiger partial charge in [0.05, 0.1) is 18.0 Å². The van der Waals surface area contributed by atoms with E-state index in [2.05, 4.69) is 54.6 Å². The Balaban J connectivity index is 1.11. The first-order valence-corrected chi connectivity index (χ1v) is 18.4. The van der Waals surface area contributed by atoms with Gasteiger partial charge in [-0.1, -0.05) is 176 Å². The second-order valence-corrected chi connectivity index (χ2v) is 13.8. The maximum atomic E-state index is 9.83. The summed E-state index contributed by atoms with van der Waals surface area (Å²) in [6.07, 6.45) is 0. The molecule has 262 valence electrons. The Bertz CT molecular complexity index is 3750. The maximum Gasteiger partial charge on any atom is 0.143 e. The zero-order valence-electron chi connectivity index (χ0n) is 38.9. The number of para-hydroxylation sites is 2. The fourth-order valence-electron chi connectivity index (χ4n) is 7.91. The fourth-order valence-corrected chi connectivity index (χ4v) is 7.91. The summed E-state index contributed by atoms with van der Waals surface area (Å²) >= 11 is 0. The van der Waals surface area contributed by atoms with Crippen LogP contribution >= 0.6 is 0 Å². The van der Waals surface area contributed by atoms with Gasteiger partial charge >= 0.3 is 0 Å². The molecule has 0 aliphatic rings. The Morgan fingerprint density at radius 2 is 0.911 bits per heavy atom. The number of rotatable bonds is 6. The van der Waals surface area contributed by atoms with Gasteiger partial charge in [-0.3, -0.25) is 0 Å². The summed E-state index contributed by atoms with van der Waals surface area (Å²) in [6, 6.07) is 47.8. The highest BCUT2D eigenvalue weighted by atomic mass is 16.3. The van der Waals surface area contributed by atoms with Crippen molar-refractivity contribution in [2.45, 2.75) is 0 Å². The zero-order chi connectivity index (χ0) is 44.8. The molecule has 0 N–H and O–H groups in total. The Morgan fingerprint density at radius 3 is 1.70 bits per heavy atom. The van der Waals surface area contributed by atoms with Gasteiger partial charge in [-0.05, 0) is 91.1 Å². The van der Waals surface area contributed by atoms with Crippen LogP contribution in [0.15, 0.2) is 217 Å². The van der Waals surface area contributed by atoms with Gasteiger partial charge in [-0.15, -0.1) is 0 Å². The standard InChI is InChI=1S/C54H35NO/c1-3-14-44-38(11-1)13-9-19-45(44)39-25-23-36(24-26-39)37-27-31-42(32-28-37)55(52-35-41-12-2-4-15-46(41)48-16-5-6-17-49(48)52)43-33-29-40(30-34-43)47-20-10-21-51-50-18-7-8-22-53(50)56-54(47)51/h1-35H/i2D,4D,5D,6D,12D,15D,16D,17D,35D. The van der Waals surface area contributed by atoms with E-state index in [9.17, 15) is 2.74 Å². The summed E-state index contributed by atoms with van der Waals surface area (Å²) < 4.78 is 87.2. The molecule has 0 amide bonds. The summed E-state index contributed by atoms with van der Waals surface area (Å²) in [5.41, 5.74) is 8.48. The van der Waals surface area contributed by atoms with Gasteiger partial charge < -0.3 is 9.32 Å². The third kappa shape index (κ3) is 5.34. The summed E-state index contributed by atoms with van der Waals surface area (Å²) in [6.45, 7) is 0. The van der Waals surface area contributed by atoms with Crippen molar-refractivity contribution in [2.75, 3.05) is 4.90 Å². The van der Waals surface area contributed by atoms with Gasteiger partial charge in [0.25, 0.3) is 0 Å². The summed E-state index contributed by atoms with van der Waals surface area (Å²) in [4.78, 5) is 1.74. The summed E-state index contributed by atoms with van der Waals surface area (Å²) in [7, 11) is 0. The van der Waals surface area contributed by atoms with Gasteiger partial charge in [0.15, 0.2) is 0 Å². The zero-order valence-corrected chi connectivity index (χ0v) is 29.9. The smallest absolute Gasteiger partial charge is 0.143 e. The summed E-state index contributed by atoms with van der Waals surface area (Å²) in [5.74, 6) is 0. The van der Waals surface area contributed by atoms with Crippen LogP contribution < -0.4 is 4.90 Å². The minimum Gasteiger partial charge on any atom is -0.455 e. The van der Waals surface area contributed by atoms with Crippen molar-refractivity contribution in [3.8, 4) is 33.4 Å². The minimum atomic E-state index is -0.559. The van der Waals surface area contributed by atoms with Crippen molar-refractivity contribution in [1.29, 1.82) is 0 Å². The monoisotopic (exact) mass is 722 g/mol. The van der Waals surface area contributed by atoms with Crippen LogP contribution in [-0.2, 0) is 0 Å². The number of benzene rings is 10. The first kappa shape index (κ1) is 24.1. The number of nitrogens with zero attached hydrogens (tertiary/aromatic N) is 1. The van der Waals surface area contributed by atoms with E-state index in [0.29, 0.717) is 11.4 Å². The molecule has 0 aliphatic heterocycles. The molecule has 0 atom stereocenters. The fraction of sp³-hybridized carbons (Fsp3) is 0. The van der Waals surface area contributed by atoms with Crippen molar-refractivity contribution in [1.82, 2.24) is 0 Å². The molecule has 0 saturated heterocycles. The van der Waals surface area contributed by atoms with Crippen molar-refractivity contribution < 1.29 is 16.8 Å². The first-order chi connectivity index (χ1) is 31.5. The van der Waals surface area contributed by atoms with Crippen LogP contribution in [0, 0.1) is 0 Å². The van der Waals surface area contributed by atoms with E-state index < -0.39 is 48.3 Å². The van der Waals surface area contributed by atoms with Crippen LogP contribution in [-0.4, -0.2) is 0 Å². The van der Waals surface area contributed by atoms with E-state index in [1.165, 1.54) is 10.8 Å². The predicted molar refractivity (Wildman–Crippen MR) is 237 cm³/mol. The third-order valence-corrected chi connectivity index (χ3v) is 10.6. The third-order valence-electron chi connectivity index (χ3n) is 10.6. The molecule has 0 unspecified atom stereocenters. The van der Waals surface area contributed by atoms with Crippen molar-refractivity contribution >= 4 is 71.3 Å². The number of furan rings is 1. The highest BCUT2D eigenvalue weighted by Crippen LogP contribution is 2.44. The lowest BCUT2D eigenvalue weighted by Gasteiger charge is -2.28. The molecule has 1 heterocycles. The average Bonchev–Trinajstić information content (AvgIpc) is 3.73. The molecule has 0 bridgehead atoms. The van der Waals surface area contributed by atoms with Crippen LogP contribution in [0.5, 0.6) is 0 Å². The minimum absolute atomic E-state index is 0.0391. The Morgan fingerprint density at radius 1 is 0.375 bits per heavy atom. The van der Waals surface area contributed by atoms with E-state index in [-0.39, 0.29) is 33.3 Å². The number of hydrogen-bond donors (Lipinski definition) is 0. The van der Waals surface area contributed by atoms with Crippen molar-refractivity contribution in [2.24, 2.45) is 0 Å². The lowest BCUT2D eigenvalue weighted by atomic mass is 9.96. The van der Waals surface area contributed by atoms with Crippen LogP contribution in [0.2, 0.25) is 0 Å². The molecule has 11 rings (SSSR count). The number of hydrogen-bond acceptors (Lipinski definition) is 2. The quantitative estimate of drug-likeness (QED) is 0.159. The lowest BCUT2D eigenvalue weighted by Crippen LogP contribution is -2.10. The molecular weight excluding hydrogens is 679 g/mol. The summed E-state index contributed by atoms with van der Waals surface area (Å²) in [5, 5.41) is 3.90. The molecule has 10 aromatic carbocycles. The Hall–Kier alpha value is -7.42. The second kappa shape index (κ2) is 13.2. The highest BCUT2D eigenvalue weighted by Gasteiger charge is 2.19.